The number of halogens is 3. The number of nitrogens with one attached hydrogen (secondary N) is 1. The molecule has 2 N–H and O–H groups in total. The number of carboxylic acid groups (broad SMARTS) is 1. The van der Waals surface area contributed by atoms with E-state index in [1.54, 1.807) is 0 Å². The van der Waals surface area contributed by atoms with Gasteiger partial charge in [-0.2, -0.15) is 13.2 Å². The molecule has 9 heteroatoms. The van der Waals surface area contributed by atoms with E-state index in [2.05, 4.69) is 15.0 Å². The monoisotopic (exact) mass is 290 g/mol. The predicted molar refractivity (Wildman–Crippen MR) is 61.2 cm³/mol. The van der Waals surface area contributed by atoms with E-state index in [-0.39, 0.29) is 11.6 Å². The minimum atomic E-state index is -4.46. The van der Waals surface area contributed by atoms with Crippen molar-refractivity contribution in [3.63, 3.8) is 0 Å². The van der Waals surface area contributed by atoms with Crippen LogP contribution in [0.2, 0.25) is 0 Å². The molecule has 0 saturated heterocycles. The summed E-state index contributed by atoms with van der Waals surface area (Å²) in [5, 5.41) is 10.6. The molecule has 0 fully saturated rings. The van der Waals surface area contributed by atoms with Gasteiger partial charge in [0.05, 0.1) is 11.9 Å². The van der Waals surface area contributed by atoms with E-state index in [1.165, 1.54) is 6.07 Å². The van der Waals surface area contributed by atoms with Gasteiger partial charge in [0.2, 0.25) is 11.8 Å². The summed E-state index contributed by atoms with van der Waals surface area (Å²) in [5.74, 6) is -2.24. The van der Waals surface area contributed by atoms with E-state index in [4.69, 9.17) is 5.11 Å². The van der Waals surface area contributed by atoms with Crippen LogP contribution in [0.15, 0.2) is 30.5 Å². The van der Waals surface area contributed by atoms with Crippen molar-refractivity contribution >= 4 is 17.6 Å². The molecule has 1 aromatic rings. The third-order valence-corrected chi connectivity index (χ3v) is 1.76. The number of hydrogen-bond donors (Lipinski definition) is 2. The summed E-state index contributed by atoms with van der Waals surface area (Å²) in [6.45, 7) is -1.47. The van der Waals surface area contributed by atoms with Crippen LogP contribution >= 0.6 is 0 Å². The van der Waals surface area contributed by atoms with E-state index < -0.39 is 24.7 Å². The van der Waals surface area contributed by atoms with Gasteiger partial charge >= 0.3 is 12.1 Å². The molecule has 0 unspecified atom stereocenters. The lowest BCUT2D eigenvalue weighted by molar-refractivity contribution is -0.154. The fraction of sp³-hybridized carbons (Fsp3) is 0.182. The van der Waals surface area contributed by atoms with Crippen LogP contribution in [0.5, 0.6) is 5.88 Å². The van der Waals surface area contributed by atoms with Gasteiger partial charge in [0.1, 0.15) is 0 Å². The van der Waals surface area contributed by atoms with Gasteiger partial charge in [-0.15, -0.1) is 0 Å². The van der Waals surface area contributed by atoms with Crippen LogP contribution in [0.3, 0.4) is 0 Å². The molecule has 1 aromatic heterocycles. The summed E-state index contributed by atoms with van der Waals surface area (Å²) in [5.41, 5.74) is 0.185. The number of rotatable bonds is 5. The molecule has 0 radical (unpaired) electrons. The quantitative estimate of drug-likeness (QED) is 0.804. The smallest absolute Gasteiger partial charge is 0.422 e. The van der Waals surface area contributed by atoms with Crippen LogP contribution < -0.4 is 10.1 Å². The fourth-order valence-corrected chi connectivity index (χ4v) is 1.03. The first kappa shape index (κ1) is 15.5. The van der Waals surface area contributed by atoms with Gasteiger partial charge in [-0.05, 0) is 6.07 Å². The second-order valence-corrected chi connectivity index (χ2v) is 3.45. The molecule has 0 aliphatic heterocycles. The molecule has 6 nitrogen and oxygen atoms in total. The molecular formula is C11H9F3N2O4. The first-order valence-corrected chi connectivity index (χ1v) is 5.14. The average Bonchev–Trinajstić information content (AvgIpc) is 2.34. The largest absolute Gasteiger partial charge is 0.478 e. The van der Waals surface area contributed by atoms with Crippen LogP contribution in [-0.2, 0) is 9.59 Å². The first-order chi connectivity index (χ1) is 9.26. The van der Waals surface area contributed by atoms with Crippen molar-refractivity contribution in [2.75, 3.05) is 11.9 Å². The zero-order chi connectivity index (χ0) is 15.2. The lowest BCUT2D eigenvalue weighted by Crippen LogP contribution is -2.19. The number of amides is 1. The summed E-state index contributed by atoms with van der Waals surface area (Å²) in [6.07, 6.45) is -1.95. The summed E-state index contributed by atoms with van der Waals surface area (Å²) >= 11 is 0. The molecule has 1 heterocycles. The van der Waals surface area contributed by atoms with Crippen molar-refractivity contribution in [3.05, 3.63) is 30.5 Å². The van der Waals surface area contributed by atoms with Crippen molar-refractivity contribution < 1.29 is 32.6 Å². The minimum absolute atomic E-state index is 0.185. The van der Waals surface area contributed by atoms with Crippen molar-refractivity contribution in [2.45, 2.75) is 6.18 Å². The van der Waals surface area contributed by atoms with Gasteiger partial charge in [-0.1, -0.05) is 0 Å². The Morgan fingerprint density at radius 3 is 2.55 bits per heavy atom. The molecular weight excluding hydrogens is 281 g/mol. The number of carboxylic acids is 1. The Labute approximate surface area is 110 Å². The van der Waals surface area contributed by atoms with Crippen LogP contribution in [0.1, 0.15) is 0 Å². The number of carbonyl (C=O) groups is 2. The van der Waals surface area contributed by atoms with Crippen molar-refractivity contribution in [1.29, 1.82) is 0 Å². The van der Waals surface area contributed by atoms with Gasteiger partial charge in [0.15, 0.2) is 6.61 Å². The number of aliphatic carboxylic acids is 1. The third-order valence-electron chi connectivity index (χ3n) is 1.76. The second kappa shape index (κ2) is 6.55. The van der Waals surface area contributed by atoms with Crippen LogP contribution in [0.4, 0.5) is 18.9 Å². The maximum atomic E-state index is 11.9. The van der Waals surface area contributed by atoms with Crippen LogP contribution in [0, 0.1) is 0 Å². The number of ether oxygens (including phenoxy) is 1. The average molecular weight is 290 g/mol. The first-order valence-electron chi connectivity index (χ1n) is 5.14. The Hall–Kier alpha value is -2.58. The Bertz CT molecular complexity index is 511. The number of carbonyl (C=O) groups excluding carboxylic acids is 1. The predicted octanol–water partition coefficient (Wildman–Crippen LogP) is 1.60. The topological polar surface area (TPSA) is 88.5 Å². The lowest BCUT2D eigenvalue weighted by atomic mass is 10.4. The van der Waals surface area contributed by atoms with E-state index >= 15 is 0 Å². The number of nitrogens with zero attached hydrogens (tertiary/aromatic N) is 1. The van der Waals surface area contributed by atoms with Crippen molar-refractivity contribution in [2.24, 2.45) is 0 Å². The van der Waals surface area contributed by atoms with E-state index in [1.807, 2.05) is 0 Å². The van der Waals surface area contributed by atoms with E-state index in [0.29, 0.717) is 6.08 Å². The second-order valence-electron chi connectivity index (χ2n) is 3.45. The molecule has 0 aliphatic carbocycles. The van der Waals surface area contributed by atoms with Crippen molar-refractivity contribution in [3.8, 4) is 5.88 Å². The van der Waals surface area contributed by atoms with Gasteiger partial charge in [-0.25, -0.2) is 9.78 Å². The van der Waals surface area contributed by atoms with Gasteiger partial charge in [0.25, 0.3) is 0 Å². The SMILES string of the molecule is O=C(O)/C=C/C(=O)Nc1ccc(OCC(F)(F)F)nc1. The molecule has 0 saturated carbocycles. The minimum Gasteiger partial charge on any atom is -0.478 e. The molecule has 0 atom stereocenters. The number of hydrogen-bond acceptors (Lipinski definition) is 4. The number of anilines is 1. The zero-order valence-corrected chi connectivity index (χ0v) is 9.85. The number of aromatic nitrogens is 1. The Morgan fingerprint density at radius 1 is 1.35 bits per heavy atom. The van der Waals surface area contributed by atoms with Crippen LogP contribution in [0.25, 0.3) is 0 Å². The summed E-state index contributed by atoms with van der Waals surface area (Å²) in [4.78, 5) is 24.9. The standard InChI is InChI=1S/C11H9F3N2O4/c12-11(13,14)6-20-9-3-1-7(5-15-9)16-8(17)2-4-10(18)19/h1-5H,6H2,(H,16,17)(H,18,19)/b4-2+. The summed E-state index contributed by atoms with van der Waals surface area (Å²) in [6, 6.07) is 2.41. The van der Waals surface area contributed by atoms with Gasteiger partial charge in [-0.3, -0.25) is 4.79 Å². The molecule has 0 aromatic carbocycles. The molecule has 1 amide bonds. The highest BCUT2D eigenvalue weighted by Crippen LogP contribution is 2.17. The highest BCUT2D eigenvalue weighted by molar-refractivity contribution is 6.02. The number of pyridine rings is 1. The Balaban J connectivity index is 2.54. The highest BCUT2D eigenvalue weighted by Gasteiger charge is 2.28. The van der Waals surface area contributed by atoms with Crippen LogP contribution in [-0.4, -0.2) is 34.8 Å². The molecule has 20 heavy (non-hydrogen) atoms. The lowest BCUT2D eigenvalue weighted by Gasteiger charge is -2.08. The fourth-order valence-electron chi connectivity index (χ4n) is 1.03. The molecule has 0 aliphatic rings. The van der Waals surface area contributed by atoms with E-state index in [0.717, 1.165) is 18.3 Å². The van der Waals surface area contributed by atoms with Crippen molar-refractivity contribution in [1.82, 2.24) is 4.98 Å². The number of alkyl halides is 3. The highest BCUT2D eigenvalue weighted by atomic mass is 19.4. The van der Waals surface area contributed by atoms with Gasteiger partial charge in [0, 0.05) is 18.2 Å². The maximum Gasteiger partial charge on any atom is 0.422 e. The Kier molecular flexibility index (Phi) is 5.07. The summed E-state index contributed by atoms with van der Waals surface area (Å²) < 4.78 is 40.0. The Morgan fingerprint density at radius 2 is 2.05 bits per heavy atom. The molecule has 1 rings (SSSR count). The molecule has 0 bridgehead atoms. The molecule has 108 valence electrons. The third kappa shape index (κ3) is 6.38. The maximum absolute atomic E-state index is 11.9. The van der Waals surface area contributed by atoms with E-state index in [9.17, 15) is 22.8 Å². The summed E-state index contributed by atoms with van der Waals surface area (Å²) in [7, 11) is 0. The molecule has 0 spiro atoms. The normalized spacial score (nSPS) is 11.3. The zero-order valence-electron chi connectivity index (χ0n) is 9.85. The van der Waals surface area contributed by atoms with Gasteiger partial charge < -0.3 is 15.2 Å².